The van der Waals surface area contributed by atoms with Crippen molar-refractivity contribution in [3.05, 3.63) is 58.5 Å². The molecular weight excluding hydrogens is 382 g/mol. The van der Waals surface area contributed by atoms with Gasteiger partial charge >= 0.3 is 0 Å². The lowest BCUT2D eigenvalue weighted by Gasteiger charge is -2.13. The zero-order chi connectivity index (χ0) is 21.6. The van der Waals surface area contributed by atoms with Gasteiger partial charge in [0.2, 0.25) is 0 Å². The van der Waals surface area contributed by atoms with E-state index in [2.05, 4.69) is 70.8 Å². The number of likely N-dealkylation sites (tertiary alicyclic amines) is 1. The smallest absolute Gasteiger partial charge is 0.160 e. The number of aryl methyl sites for hydroxylation is 3. The van der Waals surface area contributed by atoms with E-state index in [0.29, 0.717) is 0 Å². The van der Waals surface area contributed by atoms with Gasteiger partial charge in [-0.3, -0.25) is 0 Å². The minimum atomic E-state index is 0.737. The molecule has 0 radical (unpaired) electrons. The third-order valence-corrected chi connectivity index (χ3v) is 5.96. The Morgan fingerprint density at radius 2 is 1.84 bits per heavy atom. The number of nitrogens with zero attached hydrogens (tertiary/aromatic N) is 4. The van der Waals surface area contributed by atoms with Gasteiger partial charge in [-0.05, 0) is 69.1 Å². The zero-order valence-electron chi connectivity index (χ0n) is 19.0. The van der Waals surface area contributed by atoms with Crippen molar-refractivity contribution in [1.29, 1.82) is 0 Å². The monoisotopic (exact) mass is 415 g/mol. The van der Waals surface area contributed by atoms with Crippen LogP contribution in [0.15, 0.2) is 30.3 Å². The fourth-order valence-corrected chi connectivity index (χ4v) is 4.30. The number of imidazole rings is 1. The summed E-state index contributed by atoms with van der Waals surface area (Å²) in [4.78, 5) is 12.1. The van der Waals surface area contributed by atoms with Gasteiger partial charge in [0.1, 0.15) is 11.3 Å². The minimum absolute atomic E-state index is 0.737. The van der Waals surface area contributed by atoms with E-state index in [-0.39, 0.29) is 0 Å². The number of benzene rings is 1. The number of hydrogen-bond donors (Lipinski definition) is 1. The molecule has 1 aromatic carbocycles. The van der Waals surface area contributed by atoms with E-state index in [9.17, 15) is 0 Å². The van der Waals surface area contributed by atoms with Gasteiger partial charge in [-0.15, -0.1) is 0 Å². The average Bonchev–Trinajstić information content (AvgIpc) is 3.40. The van der Waals surface area contributed by atoms with Crippen LogP contribution < -0.4 is 5.32 Å². The lowest BCUT2D eigenvalue weighted by molar-refractivity contribution is 0.338. The van der Waals surface area contributed by atoms with Crippen molar-refractivity contribution < 1.29 is 0 Å². The van der Waals surface area contributed by atoms with Gasteiger partial charge in [-0.25, -0.2) is 9.97 Å². The molecule has 0 unspecified atom stereocenters. The first kappa shape index (κ1) is 21.5. The van der Waals surface area contributed by atoms with Crippen LogP contribution in [0.25, 0.3) is 11.2 Å². The van der Waals surface area contributed by atoms with Gasteiger partial charge < -0.3 is 14.8 Å². The Morgan fingerprint density at radius 1 is 1.06 bits per heavy atom. The molecule has 5 nitrogen and oxygen atoms in total. The van der Waals surface area contributed by atoms with Crippen LogP contribution in [0.5, 0.6) is 0 Å². The predicted octanol–water partition coefficient (Wildman–Crippen LogP) is 3.70. The van der Waals surface area contributed by atoms with Crippen molar-refractivity contribution in [3.8, 4) is 11.8 Å². The highest BCUT2D eigenvalue weighted by molar-refractivity contribution is 5.76. The van der Waals surface area contributed by atoms with E-state index in [1.165, 1.54) is 37.1 Å². The summed E-state index contributed by atoms with van der Waals surface area (Å²) < 4.78 is 2.25. The standard InChI is InChI=1S/C26H33N5/c1-4-24-29-25-20(2)18-21(3)28-26(25)31(24)19-23-11-9-22(10-12-23)8-7-13-27-14-17-30-15-5-6-16-30/h9-12,18,27H,4-6,13-17,19H2,1-3H3. The van der Waals surface area contributed by atoms with Crippen molar-refractivity contribution in [2.75, 3.05) is 32.7 Å². The summed E-state index contributed by atoms with van der Waals surface area (Å²) in [5.41, 5.74) is 6.52. The van der Waals surface area contributed by atoms with Crippen LogP contribution >= 0.6 is 0 Å². The largest absolute Gasteiger partial charge is 0.308 e. The molecule has 1 fully saturated rings. The van der Waals surface area contributed by atoms with Gasteiger partial charge in [-0.2, -0.15) is 0 Å². The van der Waals surface area contributed by atoms with Crippen LogP contribution in [0, 0.1) is 25.7 Å². The molecule has 0 atom stereocenters. The Kier molecular flexibility index (Phi) is 7.01. The predicted molar refractivity (Wildman–Crippen MR) is 127 cm³/mol. The minimum Gasteiger partial charge on any atom is -0.308 e. The summed E-state index contributed by atoms with van der Waals surface area (Å²) >= 11 is 0. The molecule has 0 spiro atoms. The molecule has 1 saturated heterocycles. The number of hydrogen-bond acceptors (Lipinski definition) is 4. The number of aromatic nitrogens is 3. The lowest BCUT2D eigenvalue weighted by Crippen LogP contribution is -2.30. The van der Waals surface area contributed by atoms with Crippen LogP contribution in [0.2, 0.25) is 0 Å². The van der Waals surface area contributed by atoms with E-state index in [1.807, 2.05) is 6.92 Å². The van der Waals surface area contributed by atoms with E-state index in [1.54, 1.807) is 0 Å². The maximum Gasteiger partial charge on any atom is 0.160 e. The fourth-order valence-electron chi connectivity index (χ4n) is 4.30. The number of pyridine rings is 1. The first-order chi connectivity index (χ1) is 15.1. The van der Waals surface area contributed by atoms with Crippen molar-refractivity contribution >= 4 is 11.2 Å². The lowest BCUT2D eigenvalue weighted by atomic mass is 10.1. The van der Waals surface area contributed by atoms with Crippen LogP contribution in [-0.4, -0.2) is 52.2 Å². The van der Waals surface area contributed by atoms with E-state index < -0.39 is 0 Å². The molecule has 3 heterocycles. The second-order valence-electron chi connectivity index (χ2n) is 8.44. The Morgan fingerprint density at radius 3 is 2.58 bits per heavy atom. The molecule has 162 valence electrons. The summed E-state index contributed by atoms with van der Waals surface area (Å²) in [5, 5.41) is 3.43. The van der Waals surface area contributed by atoms with E-state index in [0.717, 1.165) is 60.8 Å². The molecule has 0 aliphatic carbocycles. The molecule has 1 N–H and O–H groups in total. The quantitative estimate of drug-likeness (QED) is 0.472. The Balaban J connectivity index is 1.37. The van der Waals surface area contributed by atoms with E-state index >= 15 is 0 Å². The second-order valence-corrected chi connectivity index (χ2v) is 8.44. The second kappa shape index (κ2) is 10.1. The zero-order valence-corrected chi connectivity index (χ0v) is 19.0. The molecule has 5 heteroatoms. The third-order valence-electron chi connectivity index (χ3n) is 5.96. The van der Waals surface area contributed by atoms with Crippen molar-refractivity contribution in [2.45, 2.75) is 46.6 Å². The molecule has 1 aliphatic heterocycles. The first-order valence-corrected chi connectivity index (χ1v) is 11.5. The topological polar surface area (TPSA) is 46.0 Å². The molecule has 0 saturated carbocycles. The highest BCUT2D eigenvalue weighted by atomic mass is 15.1. The molecule has 2 aromatic heterocycles. The van der Waals surface area contributed by atoms with Crippen molar-refractivity contribution in [2.24, 2.45) is 0 Å². The molecular formula is C26H33N5. The average molecular weight is 416 g/mol. The Hall–Kier alpha value is -2.68. The van der Waals surface area contributed by atoms with Gasteiger partial charge in [-0.1, -0.05) is 30.9 Å². The first-order valence-electron chi connectivity index (χ1n) is 11.5. The van der Waals surface area contributed by atoms with Gasteiger partial charge in [0.05, 0.1) is 13.1 Å². The molecule has 31 heavy (non-hydrogen) atoms. The molecule has 1 aliphatic rings. The van der Waals surface area contributed by atoms with Crippen LogP contribution in [0.4, 0.5) is 0 Å². The highest BCUT2D eigenvalue weighted by Gasteiger charge is 2.13. The van der Waals surface area contributed by atoms with E-state index in [4.69, 9.17) is 9.97 Å². The summed E-state index contributed by atoms with van der Waals surface area (Å²) in [7, 11) is 0. The SMILES string of the molecule is CCc1nc2c(C)cc(C)nc2n1Cc1ccc(C#CCNCCN2CCCC2)cc1. The number of rotatable bonds is 7. The Labute approximate surface area is 185 Å². The van der Waals surface area contributed by atoms with Gasteiger partial charge in [0, 0.05) is 30.8 Å². The maximum atomic E-state index is 4.84. The summed E-state index contributed by atoms with van der Waals surface area (Å²) in [6.45, 7) is 12.5. The Bertz CT molecular complexity index is 1080. The fraction of sp³-hybridized carbons (Fsp3) is 0.462. The van der Waals surface area contributed by atoms with Crippen molar-refractivity contribution in [3.63, 3.8) is 0 Å². The molecule has 0 amide bonds. The van der Waals surface area contributed by atoms with Crippen molar-refractivity contribution in [1.82, 2.24) is 24.8 Å². The molecule has 0 bridgehead atoms. The summed E-state index contributed by atoms with van der Waals surface area (Å²) in [5.74, 6) is 7.59. The normalized spacial score (nSPS) is 14.2. The number of fused-ring (bicyclic) bond motifs is 1. The van der Waals surface area contributed by atoms with Crippen LogP contribution in [0.1, 0.15) is 48.0 Å². The number of nitrogens with one attached hydrogen (secondary N) is 1. The summed E-state index contributed by atoms with van der Waals surface area (Å²) in [6, 6.07) is 10.7. The van der Waals surface area contributed by atoms with Gasteiger partial charge in [0.15, 0.2) is 5.65 Å². The summed E-state index contributed by atoms with van der Waals surface area (Å²) in [6.07, 6.45) is 3.59. The van der Waals surface area contributed by atoms with Crippen LogP contribution in [0.3, 0.4) is 0 Å². The third kappa shape index (κ3) is 5.33. The maximum absolute atomic E-state index is 4.84. The molecule has 4 rings (SSSR count). The van der Waals surface area contributed by atoms with Crippen LogP contribution in [-0.2, 0) is 13.0 Å². The van der Waals surface area contributed by atoms with Gasteiger partial charge in [0.25, 0.3) is 0 Å². The highest BCUT2D eigenvalue weighted by Crippen LogP contribution is 2.21. The molecule has 3 aromatic rings.